The normalized spacial score (nSPS) is 10.2. The zero-order valence-corrected chi connectivity index (χ0v) is 9.91. The second-order valence-corrected chi connectivity index (χ2v) is 4.09. The summed E-state index contributed by atoms with van der Waals surface area (Å²) in [7, 11) is 0. The molecule has 0 amide bonds. The molecule has 0 unspecified atom stereocenters. The van der Waals surface area contributed by atoms with E-state index in [1.165, 1.54) is 0 Å². The molecule has 0 N–H and O–H groups in total. The molecular weight excluding hydrogens is 220 g/mol. The van der Waals surface area contributed by atoms with E-state index in [0.29, 0.717) is 0 Å². The van der Waals surface area contributed by atoms with Gasteiger partial charge in [-0.1, -0.05) is 36.4 Å². The highest BCUT2D eigenvalue weighted by molar-refractivity contribution is 5.62. The second-order valence-electron chi connectivity index (χ2n) is 4.09. The molecule has 0 aliphatic rings. The van der Waals surface area contributed by atoms with Gasteiger partial charge in [0, 0.05) is 12.1 Å². The van der Waals surface area contributed by atoms with Crippen molar-refractivity contribution < 1.29 is 4.42 Å². The van der Waals surface area contributed by atoms with Crippen LogP contribution in [0.5, 0.6) is 0 Å². The Morgan fingerprint density at radius 3 is 1.33 bits per heavy atom. The molecule has 0 fully saturated rings. The highest BCUT2D eigenvalue weighted by Crippen LogP contribution is 2.25. The maximum atomic E-state index is 5.95. The van der Waals surface area contributed by atoms with Gasteiger partial charge in [0.15, 0.2) is 0 Å². The first kappa shape index (κ1) is 10.7. The molecular formula is C17H13O+. The maximum absolute atomic E-state index is 5.95. The first-order valence-corrected chi connectivity index (χ1v) is 5.97. The summed E-state index contributed by atoms with van der Waals surface area (Å²) in [6.07, 6.45) is 0. The maximum Gasteiger partial charge on any atom is 0.360 e. The van der Waals surface area contributed by atoms with Crippen molar-refractivity contribution in [1.29, 1.82) is 0 Å². The molecule has 0 saturated heterocycles. The fraction of sp³-hybridized carbons (Fsp3) is 0. The Labute approximate surface area is 106 Å². The third-order valence-electron chi connectivity index (χ3n) is 2.83. The summed E-state index contributed by atoms with van der Waals surface area (Å²) in [6, 6.07) is 26.3. The van der Waals surface area contributed by atoms with Crippen LogP contribution in [0.15, 0.2) is 83.3 Å². The molecule has 1 nitrogen and oxygen atoms in total. The topological polar surface area (TPSA) is 11.3 Å². The minimum atomic E-state index is 0.886. The molecule has 3 rings (SSSR count). The Balaban J connectivity index is 2.05. The van der Waals surface area contributed by atoms with Crippen LogP contribution in [0.25, 0.3) is 22.6 Å². The average Bonchev–Trinajstić information content (AvgIpc) is 2.49. The van der Waals surface area contributed by atoms with E-state index in [-0.39, 0.29) is 0 Å². The number of hydrogen-bond acceptors (Lipinski definition) is 0. The largest absolute Gasteiger partial charge is 0.360 e. The van der Waals surface area contributed by atoms with Crippen molar-refractivity contribution >= 4 is 0 Å². The monoisotopic (exact) mass is 233 g/mol. The molecule has 1 heterocycles. The van der Waals surface area contributed by atoms with E-state index in [1.807, 2.05) is 78.9 Å². The second kappa shape index (κ2) is 4.84. The van der Waals surface area contributed by atoms with Crippen molar-refractivity contribution in [3.8, 4) is 22.6 Å². The van der Waals surface area contributed by atoms with E-state index in [9.17, 15) is 0 Å². The van der Waals surface area contributed by atoms with Crippen molar-refractivity contribution in [2.45, 2.75) is 0 Å². The fourth-order valence-electron chi connectivity index (χ4n) is 1.92. The van der Waals surface area contributed by atoms with E-state index in [4.69, 9.17) is 4.42 Å². The quantitative estimate of drug-likeness (QED) is 0.573. The van der Waals surface area contributed by atoms with Gasteiger partial charge in [-0.25, -0.2) is 4.42 Å². The van der Waals surface area contributed by atoms with Gasteiger partial charge in [0.25, 0.3) is 0 Å². The Morgan fingerprint density at radius 1 is 0.444 bits per heavy atom. The predicted molar refractivity (Wildman–Crippen MR) is 74.0 cm³/mol. The first-order chi connectivity index (χ1) is 8.93. The molecule has 3 aromatic rings. The summed E-state index contributed by atoms with van der Waals surface area (Å²) in [6.45, 7) is 0. The van der Waals surface area contributed by atoms with Gasteiger partial charge in [0.2, 0.25) is 0 Å². The van der Waals surface area contributed by atoms with Crippen LogP contribution in [0.4, 0.5) is 0 Å². The zero-order valence-electron chi connectivity index (χ0n) is 9.91. The molecule has 0 atom stereocenters. The lowest BCUT2D eigenvalue weighted by Gasteiger charge is -1.93. The Kier molecular flexibility index (Phi) is 2.89. The van der Waals surface area contributed by atoms with Crippen LogP contribution in [0.1, 0.15) is 0 Å². The smallest absolute Gasteiger partial charge is 0.207 e. The van der Waals surface area contributed by atoms with Gasteiger partial charge in [-0.15, -0.1) is 0 Å². The summed E-state index contributed by atoms with van der Waals surface area (Å²) in [4.78, 5) is 0. The highest BCUT2D eigenvalue weighted by atomic mass is 16.3. The third kappa shape index (κ3) is 2.16. The molecule has 0 spiro atoms. The van der Waals surface area contributed by atoms with Crippen molar-refractivity contribution in [2.24, 2.45) is 0 Å². The zero-order chi connectivity index (χ0) is 12.2. The van der Waals surface area contributed by atoms with E-state index in [1.54, 1.807) is 0 Å². The van der Waals surface area contributed by atoms with Crippen molar-refractivity contribution in [2.75, 3.05) is 0 Å². The van der Waals surface area contributed by atoms with Gasteiger partial charge in [-0.2, -0.15) is 0 Å². The molecule has 86 valence electrons. The first-order valence-electron chi connectivity index (χ1n) is 5.97. The molecule has 1 heteroatoms. The van der Waals surface area contributed by atoms with E-state index in [0.717, 1.165) is 22.6 Å². The Hall–Kier alpha value is -2.41. The van der Waals surface area contributed by atoms with Crippen LogP contribution in [-0.2, 0) is 0 Å². The molecule has 0 bridgehead atoms. The Morgan fingerprint density at radius 2 is 0.889 bits per heavy atom. The van der Waals surface area contributed by atoms with Crippen LogP contribution in [0, 0.1) is 0 Å². The molecule has 0 radical (unpaired) electrons. The van der Waals surface area contributed by atoms with Gasteiger partial charge in [0.1, 0.15) is 0 Å². The highest BCUT2D eigenvalue weighted by Gasteiger charge is 2.15. The number of rotatable bonds is 2. The summed E-state index contributed by atoms with van der Waals surface area (Å²) < 4.78 is 5.95. The minimum absolute atomic E-state index is 0.886. The van der Waals surface area contributed by atoms with E-state index < -0.39 is 0 Å². The van der Waals surface area contributed by atoms with Crippen LogP contribution in [0.2, 0.25) is 0 Å². The van der Waals surface area contributed by atoms with Crippen LogP contribution in [0.3, 0.4) is 0 Å². The van der Waals surface area contributed by atoms with Gasteiger partial charge in [0.05, 0.1) is 11.1 Å². The van der Waals surface area contributed by atoms with Crippen molar-refractivity contribution in [1.82, 2.24) is 0 Å². The summed E-state index contributed by atoms with van der Waals surface area (Å²) in [5.74, 6) is 1.77. The number of hydrogen-bond donors (Lipinski definition) is 0. The lowest BCUT2D eigenvalue weighted by molar-refractivity contribution is 0.582. The average molecular weight is 233 g/mol. The Bertz CT molecular complexity index is 575. The summed E-state index contributed by atoms with van der Waals surface area (Å²) in [5.41, 5.74) is 2.19. The fourth-order valence-corrected chi connectivity index (χ4v) is 1.92. The SMILES string of the molecule is c1ccc(-c2cccc(-c3ccccc3)[o+]2)cc1. The third-order valence-corrected chi connectivity index (χ3v) is 2.83. The lowest BCUT2D eigenvalue weighted by Crippen LogP contribution is -1.80. The van der Waals surface area contributed by atoms with Crippen LogP contribution in [-0.4, -0.2) is 0 Å². The van der Waals surface area contributed by atoms with Crippen LogP contribution >= 0.6 is 0 Å². The van der Waals surface area contributed by atoms with Gasteiger partial charge in [-0.3, -0.25) is 0 Å². The molecule has 2 aromatic carbocycles. The van der Waals surface area contributed by atoms with E-state index in [2.05, 4.69) is 0 Å². The standard InChI is InChI=1S/C17H13O/c1-3-8-14(9-4-1)16-12-7-13-17(18-16)15-10-5-2-6-11-15/h1-13H/q+1. The summed E-state index contributed by atoms with van der Waals surface area (Å²) in [5, 5.41) is 0. The van der Waals surface area contributed by atoms with Gasteiger partial charge in [-0.05, 0) is 30.3 Å². The van der Waals surface area contributed by atoms with Crippen molar-refractivity contribution in [3.63, 3.8) is 0 Å². The molecule has 0 aliphatic carbocycles. The van der Waals surface area contributed by atoms with Crippen LogP contribution < -0.4 is 0 Å². The molecule has 0 aliphatic heterocycles. The minimum Gasteiger partial charge on any atom is -0.207 e. The van der Waals surface area contributed by atoms with E-state index >= 15 is 0 Å². The molecule has 0 saturated carbocycles. The molecule has 18 heavy (non-hydrogen) atoms. The predicted octanol–water partition coefficient (Wildman–Crippen LogP) is 4.89. The number of benzene rings is 2. The summed E-state index contributed by atoms with van der Waals surface area (Å²) >= 11 is 0. The van der Waals surface area contributed by atoms with Crippen molar-refractivity contribution in [3.05, 3.63) is 78.9 Å². The van der Waals surface area contributed by atoms with Gasteiger partial charge >= 0.3 is 11.5 Å². The molecule has 1 aromatic heterocycles. The van der Waals surface area contributed by atoms with Gasteiger partial charge < -0.3 is 0 Å². The lowest BCUT2D eigenvalue weighted by atomic mass is 10.1.